The monoisotopic (exact) mass is 319 g/mol. The van der Waals surface area contributed by atoms with Crippen molar-refractivity contribution in [3.05, 3.63) is 35.4 Å². The Morgan fingerprint density at radius 2 is 2.09 bits per heavy atom. The maximum atomic E-state index is 12.6. The molecule has 2 unspecified atom stereocenters. The van der Waals surface area contributed by atoms with Crippen LogP contribution in [0.2, 0.25) is 0 Å². The number of rotatable bonds is 3. The Labute approximate surface area is 135 Å². The third kappa shape index (κ3) is 3.54. The molecule has 0 aromatic heterocycles. The topological polar surface area (TPSA) is 76.1 Å². The summed E-state index contributed by atoms with van der Waals surface area (Å²) in [5.41, 5.74) is 0.680. The van der Waals surface area contributed by atoms with Gasteiger partial charge in [0.25, 0.3) is 0 Å². The molecule has 0 saturated carbocycles. The summed E-state index contributed by atoms with van der Waals surface area (Å²) in [5.74, 6) is -0.928. The molecule has 1 N–H and O–H groups in total. The molecule has 124 valence electrons. The predicted molar refractivity (Wildman–Crippen MR) is 82.4 cm³/mol. The normalized spacial score (nSPS) is 27.3. The largest absolute Gasteiger partial charge is 0.478 e. The third-order valence-corrected chi connectivity index (χ3v) is 4.38. The number of carbonyl (C=O) groups is 2. The van der Waals surface area contributed by atoms with Gasteiger partial charge in [-0.2, -0.15) is 0 Å². The van der Waals surface area contributed by atoms with Gasteiger partial charge in [-0.15, -0.1) is 0 Å². The first-order valence-electron chi connectivity index (χ1n) is 7.83. The van der Waals surface area contributed by atoms with Crippen LogP contribution in [0.1, 0.15) is 29.3 Å². The first-order valence-corrected chi connectivity index (χ1v) is 7.83. The number of carboxylic acid groups (broad SMARTS) is 1. The van der Waals surface area contributed by atoms with Gasteiger partial charge in [-0.25, -0.2) is 4.79 Å². The van der Waals surface area contributed by atoms with Crippen LogP contribution in [0.3, 0.4) is 0 Å². The molecule has 1 spiro atoms. The first kappa shape index (κ1) is 16.0. The summed E-state index contributed by atoms with van der Waals surface area (Å²) in [6.45, 7) is 4.32. The van der Waals surface area contributed by atoms with Crippen LogP contribution in [-0.4, -0.2) is 59.9 Å². The van der Waals surface area contributed by atoms with Gasteiger partial charge in [-0.1, -0.05) is 12.1 Å². The number of amides is 1. The maximum Gasteiger partial charge on any atom is 0.335 e. The molecular weight excluding hydrogens is 298 g/mol. The van der Waals surface area contributed by atoms with Crippen molar-refractivity contribution in [3.8, 4) is 0 Å². The molecule has 1 amide bonds. The van der Waals surface area contributed by atoms with Crippen LogP contribution < -0.4 is 0 Å². The summed E-state index contributed by atoms with van der Waals surface area (Å²) in [7, 11) is 0. The minimum atomic E-state index is -0.965. The Morgan fingerprint density at radius 3 is 2.70 bits per heavy atom. The van der Waals surface area contributed by atoms with Crippen LogP contribution in [0.5, 0.6) is 0 Å². The smallest absolute Gasteiger partial charge is 0.335 e. The lowest BCUT2D eigenvalue weighted by Crippen LogP contribution is -2.57. The minimum absolute atomic E-state index is 0.0104. The number of carboxylic acids is 1. The lowest BCUT2D eigenvalue weighted by atomic mass is 9.98. The van der Waals surface area contributed by atoms with E-state index >= 15 is 0 Å². The number of hydrogen-bond acceptors (Lipinski definition) is 4. The molecule has 2 fully saturated rings. The fourth-order valence-corrected chi connectivity index (χ4v) is 3.27. The van der Waals surface area contributed by atoms with Gasteiger partial charge in [-0.3, -0.25) is 4.79 Å². The van der Waals surface area contributed by atoms with Gasteiger partial charge < -0.3 is 19.5 Å². The Kier molecular flexibility index (Phi) is 4.37. The average molecular weight is 319 g/mol. The van der Waals surface area contributed by atoms with E-state index in [1.165, 1.54) is 12.1 Å². The van der Waals surface area contributed by atoms with Gasteiger partial charge in [-0.05, 0) is 24.6 Å². The lowest BCUT2D eigenvalue weighted by molar-refractivity contribution is -0.165. The van der Waals surface area contributed by atoms with Crippen molar-refractivity contribution in [2.45, 2.75) is 31.5 Å². The van der Waals surface area contributed by atoms with E-state index in [4.69, 9.17) is 14.6 Å². The number of morpholine rings is 1. The average Bonchev–Trinajstić information content (AvgIpc) is 2.94. The molecule has 1 aromatic carbocycles. The van der Waals surface area contributed by atoms with Gasteiger partial charge in [0.1, 0.15) is 5.60 Å². The van der Waals surface area contributed by atoms with Crippen molar-refractivity contribution in [2.75, 3.05) is 26.3 Å². The van der Waals surface area contributed by atoms with Crippen molar-refractivity contribution in [1.82, 2.24) is 4.90 Å². The molecule has 2 heterocycles. The third-order valence-electron chi connectivity index (χ3n) is 4.38. The van der Waals surface area contributed by atoms with Crippen molar-refractivity contribution < 1.29 is 24.2 Å². The zero-order valence-electron chi connectivity index (χ0n) is 13.2. The van der Waals surface area contributed by atoms with Gasteiger partial charge in [0.15, 0.2) is 0 Å². The van der Waals surface area contributed by atoms with E-state index in [0.717, 1.165) is 12.0 Å². The molecule has 6 heteroatoms. The molecule has 3 rings (SSSR count). The van der Waals surface area contributed by atoms with Gasteiger partial charge in [0, 0.05) is 19.6 Å². The molecule has 0 radical (unpaired) electrons. The number of benzene rings is 1. The molecule has 2 aliphatic rings. The predicted octanol–water partition coefficient (Wildman–Crippen LogP) is 1.33. The van der Waals surface area contributed by atoms with E-state index in [-0.39, 0.29) is 29.6 Å². The van der Waals surface area contributed by atoms with E-state index in [9.17, 15) is 9.59 Å². The number of aromatic carboxylic acids is 1. The second kappa shape index (κ2) is 6.29. The van der Waals surface area contributed by atoms with Crippen molar-refractivity contribution in [1.29, 1.82) is 0 Å². The molecule has 0 bridgehead atoms. The van der Waals surface area contributed by atoms with E-state index < -0.39 is 5.97 Å². The van der Waals surface area contributed by atoms with Crippen LogP contribution in [0.4, 0.5) is 0 Å². The molecule has 1 aromatic rings. The standard InChI is InChI=1S/C17H21NO5/c1-12-9-18(10-17(23-12)6-7-22-11-17)15(19)8-13-2-4-14(5-3-13)16(20)21/h2-5,12H,6-11H2,1H3,(H,20,21). The highest BCUT2D eigenvalue weighted by molar-refractivity contribution is 5.87. The highest BCUT2D eigenvalue weighted by Crippen LogP contribution is 2.30. The SMILES string of the molecule is CC1CN(C(=O)Cc2ccc(C(=O)O)cc2)CC2(CCOC2)O1. The molecule has 2 saturated heterocycles. The Balaban J connectivity index is 1.66. The molecule has 23 heavy (non-hydrogen) atoms. The van der Waals surface area contributed by atoms with E-state index in [2.05, 4.69) is 0 Å². The number of ether oxygens (including phenoxy) is 2. The van der Waals surface area contributed by atoms with Gasteiger partial charge in [0.05, 0.1) is 31.2 Å². The van der Waals surface area contributed by atoms with Gasteiger partial charge >= 0.3 is 5.97 Å². The highest BCUT2D eigenvalue weighted by atomic mass is 16.6. The fraction of sp³-hybridized carbons (Fsp3) is 0.529. The van der Waals surface area contributed by atoms with E-state index in [1.807, 2.05) is 11.8 Å². The molecular formula is C17H21NO5. The van der Waals surface area contributed by atoms with Crippen LogP contribution in [-0.2, 0) is 20.7 Å². The number of nitrogens with zero attached hydrogens (tertiary/aromatic N) is 1. The Hall–Kier alpha value is -1.92. The molecule has 2 aliphatic heterocycles. The fourth-order valence-electron chi connectivity index (χ4n) is 3.27. The van der Waals surface area contributed by atoms with Crippen LogP contribution in [0, 0.1) is 0 Å². The summed E-state index contributed by atoms with van der Waals surface area (Å²) in [6, 6.07) is 6.44. The molecule has 6 nitrogen and oxygen atoms in total. The summed E-state index contributed by atoms with van der Waals surface area (Å²) in [4.78, 5) is 25.3. The Morgan fingerprint density at radius 1 is 1.35 bits per heavy atom. The van der Waals surface area contributed by atoms with Crippen LogP contribution in [0.25, 0.3) is 0 Å². The summed E-state index contributed by atoms with van der Waals surface area (Å²) < 4.78 is 11.5. The van der Waals surface area contributed by atoms with Crippen LogP contribution in [0.15, 0.2) is 24.3 Å². The quantitative estimate of drug-likeness (QED) is 0.910. The molecule has 0 aliphatic carbocycles. The summed E-state index contributed by atoms with van der Waals surface area (Å²) in [6.07, 6.45) is 1.07. The van der Waals surface area contributed by atoms with Crippen molar-refractivity contribution in [2.24, 2.45) is 0 Å². The molecule has 2 atom stereocenters. The summed E-state index contributed by atoms with van der Waals surface area (Å²) >= 11 is 0. The van der Waals surface area contributed by atoms with E-state index in [0.29, 0.717) is 26.3 Å². The minimum Gasteiger partial charge on any atom is -0.478 e. The number of carbonyl (C=O) groups excluding carboxylic acids is 1. The second-order valence-electron chi connectivity index (χ2n) is 6.37. The Bertz CT molecular complexity index is 592. The zero-order chi connectivity index (χ0) is 16.4. The first-order chi connectivity index (χ1) is 11.0. The maximum absolute atomic E-state index is 12.6. The van der Waals surface area contributed by atoms with Gasteiger partial charge in [0.2, 0.25) is 5.91 Å². The van der Waals surface area contributed by atoms with Crippen molar-refractivity contribution >= 4 is 11.9 Å². The highest BCUT2D eigenvalue weighted by Gasteiger charge is 2.43. The van der Waals surface area contributed by atoms with Crippen molar-refractivity contribution in [3.63, 3.8) is 0 Å². The zero-order valence-corrected chi connectivity index (χ0v) is 13.2. The summed E-state index contributed by atoms with van der Waals surface area (Å²) in [5, 5.41) is 8.91. The second-order valence-corrected chi connectivity index (χ2v) is 6.37. The van der Waals surface area contributed by atoms with E-state index in [1.54, 1.807) is 12.1 Å². The lowest BCUT2D eigenvalue weighted by Gasteiger charge is -2.42. The number of hydrogen-bond donors (Lipinski definition) is 1. The van der Waals surface area contributed by atoms with Crippen LogP contribution >= 0.6 is 0 Å².